The van der Waals surface area contributed by atoms with Gasteiger partial charge in [-0.3, -0.25) is 14.5 Å². The third-order valence-electron chi connectivity index (χ3n) is 7.91. The van der Waals surface area contributed by atoms with Crippen molar-refractivity contribution in [1.29, 1.82) is 0 Å². The molecule has 0 unspecified atom stereocenters. The van der Waals surface area contributed by atoms with E-state index in [1.54, 1.807) is 7.11 Å². The summed E-state index contributed by atoms with van der Waals surface area (Å²) in [5, 5.41) is 10.2. The number of nitrogens with zero attached hydrogens (tertiary/aromatic N) is 5. The number of hydrogen-bond donors (Lipinski definition) is 2. The number of aryl methyl sites for hydroxylation is 1. The molecule has 3 heterocycles. The van der Waals surface area contributed by atoms with Crippen LogP contribution in [-0.4, -0.2) is 81.2 Å². The molecule has 1 aliphatic rings. The predicted molar refractivity (Wildman–Crippen MR) is 163 cm³/mol. The fourth-order valence-electron chi connectivity index (χ4n) is 5.88. The molecule has 222 valence electrons. The number of piperidine rings is 1. The molecule has 1 saturated heterocycles. The van der Waals surface area contributed by atoms with E-state index in [1.165, 1.54) is 6.42 Å². The number of carboxylic acid groups (broad SMARTS) is 1. The van der Waals surface area contributed by atoms with Gasteiger partial charge in [0.05, 0.1) is 30.6 Å². The number of methoxy groups -OCH3 is 1. The maximum absolute atomic E-state index is 13.6. The summed E-state index contributed by atoms with van der Waals surface area (Å²) in [5.74, 6) is 0.505. The summed E-state index contributed by atoms with van der Waals surface area (Å²) in [4.78, 5) is 38.5. The van der Waals surface area contributed by atoms with Crippen molar-refractivity contribution in [3.05, 3.63) is 65.5 Å². The highest BCUT2D eigenvalue weighted by Gasteiger charge is 2.21. The number of aromatic nitrogens is 3. The number of fused-ring (bicyclic) bond motifs is 3. The van der Waals surface area contributed by atoms with Crippen LogP contribution in [0.25, 0.3) is 21.9 Å². The van der Waals surface area contributed by atoms with Gasteiger partial charge in [0, 0.05) is 38.6 Å². The number of ether oxygens (including phenoxy) is 1. The zero-order valence-electron chi connectivity index (χ0n) is 24.3. The van der Waals surface area contributed by atoms with Crippen LogP contribution in [-0.2, 0) is 40.3 Å². The van der Waals surface area contributed by atoms with Crippen LogP contribution in [0, 0.1) is 0 Å². The Kier molecular flexibility index (Phi) is 9.66. The SMILES string of the molecule is COCCc1nc2c(N)nc3ccccc3c2n1CCCN(Cc1cccc(CC(=O)O)c1)C(=O)CN1CCCCC1. The first-order chi connectivity index (χ1) is 20.4. The molecule has 0 atom stereocenters. The normalized spacial score (nSPS) is 14.0. The number of benzene rings is 2. The standard InChI is InChI=1S/C32H40N6O4/c1-42-18-13-27-35-30-31(25-11-3-4-12-26(25)34-32(30)33)38(27)17-8-16-37(28(39)22-36-14-5-2-6-15-36)21-24-10-7-9-23(19-24)20-29(40)41/h3-4,7,9-12,19H,2,5-6,8,13-18,20-22H2,1H3,(H2,33,34)(H,40,41). The van der Waals surface area contributed by atoms with Crippen LogP contribution in [0.3, 0.4) is 0 Å². The summed E-state index contributed by atoms with van der Waals surface area (Å²) in [5.41, 5.74) is 10.5. The van der Waals surface area contributed by atoms with Crippen molar-refractivity contribution < 1.29 is 19.4 Å². The van der Waals surface area contributed by atoms with Crippen molar-refractivity contribution in [1.82, 2.24) is 24.3 Å². The number of imidazole rings is 1. The maximum Gasteiger partial charge on any atom is 0.307 e. The van der Waals surface area contributed by atoms with E-state index in [4.69, 9.17) is 15.5 Å². The van der Waals surface area contributed by atoms with Crippen molar-refractivity contribution in [3.63, 3.8) is 0 Å². The number of amides is 1. The molecule has 2 aromatic carbocycles. The monoisotopic (exact) mass is 572 g/mol. The molecule has 0 bridgehead atoms. The summed E-state index contributed by atoms with van der Waals surface area (Å²) in [7, 11) is 1.68. The highest BCUT2D eigenvalue weighted by Crippen LogP contribution is 2.29. The van der Waals surface area contributed by atoms with E-state index in [2.05, 4.69) is 14.5 Å². The second-order valence-corrected chi connectivity index (χ2v) is 11.0. The number of para-hydroxylation sites is 1. The van der Waals surface area contributed by atoms with E-state index >= 15 is 0 Å². The highest BCUT2D eigenvalue weighted by atomic mass is 16.5. The Morgan fingerprint density at radius 2 is 1.83 bits per heavy atom. The number of carbonyl (C=O) groups is 2. The van der Waals surface area contributed by atoms with Crippen molar-refractivity contribution in [3.8, 4) is 0 Å². The summed E-state index contributed by atoms with van der Waals surface area (Å²) in [6.45, 7) is 4.45. The van der Waals surface area contributed by atoms with Gasteiger partial charge in [-0.05, 0) is 49.5 Å². The van der Waals surface area contributed by atoms with Gasteiger partial charge in [0.25, 0.3) is 0 Å². The number of pyridine rings is 1. The van der Waals surface area contributed by atoms with Gasteiger partial charge in [0.2, 0.25) is 5.91 Å². The summed E-state index contributed by atoms with van der Waals surface area (Å²) >= 11 is 0. The summed E-state index contributed by atoms with van der Waals surface area (Å²) < 4.78 is 7.57. The first kappa shape index (κ1) is 29.5. The molecule has 4 aromatic rings. The first-order valence-electron chi connectivity index (χ1n) is 14.7. The van der Waals surface area contributed by atoms with Crippen LogP contribution < -0.4 is 5.73 Å². The van der Waals surface area contributed by atoms with E-state index in [0.717, 1.165) is 59.3 Å². The van der Waals surface area contributed by atoms with Crippen molar-refractivity contribution in [2.45, 2.75) is 51.6 Å². The van der Waals surface area contributed by atoms with Gasteiger partial charge in [-0.2, -0.15) is 0 Å². The van der Waals surface area contributed by atoms with Gasteiger partial charge in [0.15, 0.2) is 5.82 Å². The van der Waals surface area contributed by atoms with Crippen LogP contribution in [0.1, 0.15) is 42.6 Å². The number of carboxylic acids is 1. The Bertz CT molecular complexity index is 1550. The van der Waals surface area contributed by atoms with Crippen LogP contribution in [0.4, 0.5) is 5.82 Å². The van der Waals surface area contributed by atoms with E-state index in [0.29, 0.717) is 57.0 Å². The topological polar surface area (TPSA) is 127 Å². The number of nitrogens with two attached hydrogens (primary N) is 1. The molecule has 1 aliphatic heterocycles. The van der Waals surface area contributed by atoms with Gasteiger partial charge < -0.3 is 25.0 Å². The number of aliphatic carboxylic acids is 1. The van der Waals surface area contributed by atoms with E-state index in [1.807, 2.05) is 53.4 Å². The number of likely N-dealkylation sites (tertiary alicyclic amines) is 1. The lowest BCUT2D eigenvalue weighted by molar-refractivity contribution is -0.136. The Hall–Kier alpha value is -4.02. The zero-order valence-corrected chi connectivity index (χ0v) is 24.3. The quantitative estimate of drug-likeness (QED) is 0.247. The minimum Gasteiger partial charge on any atom is -0.481 e. The third kappa shape index (κ3) is 7.06. The molecule has 0 radical (unpaired) electrons. The zero-order chi connectivity index (χ0) is 29.5. The first-order valence-corrected chi connectivity index (χ1v) is 14.7. The second kappa shape index (κ2) is 13.8. The number of anilines is 1. The molecule has 42 heavy (non-hydrogen) atoms. The number of rotatable bonds is 13. The molecule has 10 nitrogen and oxygen atoms in total. The van der Waals surface area contributed by atoms with Crippen molar-refractivity contribution >= 4 is 39.6 Å². The summed E-state index contributed by atoms with van der Waals surface area (Å²) in [6.07, 6.45) is 4.75. The molecular formula is C32H40N6O4. The van der Waals surface area contributed by atoms with Crippen LogP contribution in [0.2, 0.25) is 0 Å². The molecule has 0 spiro atoms. The van der Waals surface area contributed by atoms with Crippen LogP contribution in [0.15, 0.2) is 48.5 Å². The molecule has 0 saturated carbocycles. The number of hydrogen-bond acceptors (Lipinski definition) is 7. The molecule has 3 N–H and O–H groups in total. The Labute approximate surface area is 246 Å². The molecular weight excluding hydrogens is 532 g/mol. The molecule has 5 rings (SSSR count). The van der Waals surface area contributed by atoms with Gasteiger partial charge in [0.1, 0.15) is 11.3 Å². The number of carbonyl (C=O) groups excluding carboxylic acids is 1. The lowest BCUT2D eigenvalue weighted by atomic mass is 10.1. The van der Waals surface area contributed by atoms with Gasteiger partial charge in [-0.1, -0.05) is 48.9 Å². The fourth-order valence-corrected chi connectivity index (χ4v) is 5.88. The van der Waals surface area contributed by atoms with E-state index in [-0.39, 0.29) is 12.3 Å². The Morgan fingerprint density at radius 1 is 1.05 bits per heavy atom. The Balaban J connectivity index is 1.40. The average molecular weight is 573 g/mol. The number of nitrogen functional groups attached to an aromatic ring is 1. The summed E-state index contributed by atoms with van der Waals surface area (Å²) in [6, 6.07) is 15.5. The minimum absolute atomic E-state index is 0.0422. The minimum atomic E-state index is -0.870. The Morgan fingerprint density at radius 3 is 2.62 bits per heavy atom. The van der Waals surface area contributed by atoms with Gasteiger partial charge >= 0.3 is 5.97 Å². The maximum atomic E-state index is 13.6. The molecule has 10 heteroatoms. The third-order valence-corrected chi connectivity index (χ3v) is 7.91. The second-order valence-electron chi connectivity index (χ2n) is 11.0. The van der Waals surface area contributed by atoms with Crippen LogP contribution >= 0.6 is 0 Å². The average Bonchev–Trinajstić information content (AvgIpc) is 3.35. The van der Waals surface area contributed by atoms with Crippen molar-refractivity contribution in [2.24, 2.45) is 0 Å². The molecule has 2 aromatic heterocycles. The smallest absolute Gasteiger partial charge is 0.307 e. The van der Waals surface area contributed by atoms with E-state index < -0.39 is 5.97 Å². The lowest BCUT2D eigenvalue weighted by Gasteiger charge is -2.30. The molecule has 0 aliphatic carbocycles. The van der Waals surface area contributed by atoms with Gasteiger partial charge in [-0.25, -0.2) is 9.97 Å². The largest absolute Gasteiger partial charge is 0.481 e. The van der Waals surface area contributed by atoms with Crippen molar-refractivity contribution in [2.75, 3.05) is 45.6 Å². The molecule has 1 fully saturated rings. The predicted octanol–water partition coefficient (Wildman–Crippen LogP) is 3.89. The van der Waals surface area contributed by atoms with Crippen LogP contribution in [0.5, 0.6) is 0 Å². The lowest BCUT2D eigenvalue weighted by Crippen LogP contribution is -2.42. The van der Waals surface area contributed by atoms with E-state index in [9.17, 15) is 14.7 Å². The fraction of sp³-hybridized carbons (Fsp3) is 0.438. The molecule has 1 amide bonds. The highest BCUT2D eigenvalue weighted by molar-refractivity contribution is 6.06. The van der Waals surface area contributed by atoms with Gasteiger partial charge in [-0.15, -0.1) is 0 Å².